The number of allylic oxidation sites excluding steroid dienone is 1. The molecule has 0 unspecified atom stereocenters. The summed E-state index contributed by atoms with van der Waals surface area (Å²) in [5.41, 5.74) is 8.25. The zero-order chi connectivity index (χ0) is 15.5. The maximum Gasteiger partial charge on any atom is 0.185 e. The van der Waals surface area contributed by atoms with Crippen molar-refractivity contribution >= 4 is 28.4 Å². The van der Waals surface area contributed by atoms with E-state index in [0.29, 0.717) is 16.9 Å². The van der Waals surface area contributed by atoms with Gasteiger partial charge in [0.2, 0.25) is 0 Å². The summed E-state index contributed by atoms with van der Waals surface area (Å²) >= 11 is 0. The molecule has 108 valence electrons. The third-order valence-corrected chi connectivity index (χ3v) is 3.29. The van der Waals surface area contributed by atoms with E-state index in [9.17, 15) is 9.90 Å². The highest BCUT2D eigenvalue weighted by Crippen LogP contribution is 2.19. The van der Waals surface area contributed by atoms with Gasteiger partial charge in [0, 0.05) is 16.6 Å². The average molecular weight is 290 g/mol. The van der Waals surface area contributed by atoms with E-state index in [4.69, 9.17) is 5.73 Å². The minimum absolute atomic E-state index is 0.104. The molecular formula is C18H14N2O2. The first-order chi connectivity index (χ1) is 10.6. The van der Waals surface area contributed by atoms with Crippen LogP contribution in [0.1, 0.15) is 16.1 Å². The molecule has 0 atom stereocenters. The van der Waals surface area contributed by atoms with Gasteiger partial charge in [-0.15, -0.1) is 0 Å². The highest BCUT2D eigenvalue weighted by atomic mass is 16.3. The van der Waals surface area contributed by atoms with Gasteiger partial charge >= 0.3 is 0 Å². The van der Waals surface area contributed by atoms with Crippen molar-refractivity contribution in [2.24, 2.45) is 0 Å². The van der Waals surface area contributed by atoms with Crippen LogP contribution in [0.5, 0.6) is 5.75 Å². The molecule has 0 saturated heterocycles. The number of nitrogens with two attached hydrogens (primary N) is 1. The Kier molecular flexibility index (Phi) is 3.58. The number of ketones is 1. The van der Waals surface area contributed by atoms with Crippen LogP contribution in [0, 0.1) is 0 Å². The van der Waals surface area contributed by atoms with Crippen molar-refractivity contribution in [3.05, 3.63) is 71.9 Å². The topological polar surface area (TPSA) is 76.2 Å². The van der Waals surface area contributed by atoms with E-state index >= 15 is 0 Å². The first kappa shape index (κ1) is 13.8. The van der Waals surface area contributed by atoms with Gasteiger partial charge < -0.3 is 10.8 Å². The lowest BCUT2D eigenvalue weighted by Gasteiger charge is -2.00. The molecule has 3 aromatic rings. The zero-order valence-electron chi connectivity index (χ0n) is 11.7. The Morgan fingerprint density at radius 3 is 2.59 bits per heavy atom. The highest BCUT2D eigenvalue weighted by molar-refractivity contribution is 6.06. The normalized spacial score (nSPS) is 11.1. The van der Waals surface area contributed by atoms with Crippen molar-refractivity contribution in [3.8, 4) is 5.75 Å². The molecule has 0 aliphatic heterocycles. The molecule has 3 N–H and O–H groups in total. The van der Waals surface area contributed by atoms with E-state index in [1.807, 2.05) is 6.07 Å². The second kappa shape index (κ2) is 5.69. The van der Waals surface area contributed by atoms with E-state index in [-0.39, 0.29) is 11.5 Å². The monoisotopic (exact) mass is 290 g/mol. The van der Waals surface area contributed by atoms with Gasteiger partial charge in [-0.3, -0.25) is 4.79 Å². The number of hydrogen-bond acceptors (Lipinski definition) is 4. The summed E-state index contributed by atoms with van der Waals surface area (Å²) in [6, 6.07) is 15.4. The number of aromatic nitrogens is 1. The van der Waals surface area contributed by atoms with Crippen molar-refractivity contribution in [2.75, 3.05) is 5.73 Å². The molecule has 1 heterocycles. The van der Waals surface area contributed by atoms with Crippen molar-refractivity contribution in [3.63, 3.8) is 0 Å². The number of aromatic hydroxyl groups is 1. The molecule has 2 aromatic carbocycles. The number of phenolic OH excluding ortho intramolecular Hbond substituents is 1. The molecule has 0 spiro atoms. The molecule has 4 nitrogen and oxygen atoms in total. The van der Waals surface area contributed by atoms with E-state index in [1.165, 1.54) is 6.08 Å². The molecule has 0 radical (unpaired) electrons. The summed E-state index contributed by atoms with van der Waals surface area (Å²) in [7, 11) is 0. The molecule has 0 saturated carbocycles. The predicted octanol–water partition coefficient (Wildman–Crippen LogP) is 3.42. The van der Waals surface area contributed by atoms with Crippen LogP contribution in [0.4, 0.5) is 5.69 Å². The third-order valence-electron chi connectivity index (χ3n) is 3.29. The van der Waals surface area contributed by atoms with Gasteiger partial charge in [0.15, 0.2) is 5.78 Å². The summed E-state index contributed by atoms with van der Waals surface area (Å²) in [5, 5.41) is 10.3. The third kappa shape index (κ3) is 2.96. The van der Waals surface area contributed by atoms with Crippen LogP contribution in [0.25, 0.3) is 17.0 Å². The largest absolute Gasteiger partial charge is 0.508 e. The van der Waals surface area contributed by atoms with Gasteiger partial charge in [-0.1, -0.05) is 6.07 Å². The van der Waals surface area contributed by atoms with Gasteiger partial charge in [-0.2, -0.15) is 0 Å². The number of phenols is 1. The van der Waals surface area contributed by atoms with Gasteiger partial charge in [-0.25, -0.2) is 4.98 Å². The maximum absolute atomic E-state index is 12.0. The smallest absolute Gasteiger partial charge is 0.185 e. The van der Waals surface area contributed by atoms with Gasteiger partial charge in [-0.05, 0) is 60.7 Å². The van der Waals surface area contributed by atoms with Crippen molar-refractivity contribution in [1.82, 2.24) is 4.98 Å². The molecule has 1 aromatic heterocycles. The van der Waals surface area contributed by atoms with Crippen LogP contribution in [-0.4, -0.2) is 15.9 Å². The lowest BCUT2D eigenvalue weighted by molar-refractivity contribution is 0.104. The SMILES string of the molecule is Nc1ccc(C(=O)/C=C/c2ccc3cc(O)ccc3n2)cc1. The van der Waals surface area contributed by atoms with Gasteiger partial charge in [0.25, 0.3) is 0 Å². The maximum atomic E-state index is 12.0. The fourth-order valence-corrected chi connectivity index (χ4v) is 2.13. The van der Waals surface area contributed by atoms with Crippen molar-refractivity contribution < 1.29 is 9.90 Å². The van der Waals surface area contributed by atoms with Crippen LogP contribution in [-0.2, 0) is 0 Å². The summed E-state index contributed by atoms with van der Waals surface area (Å²) in [4.78, 5) is 16.5. The van der Waals surface area contributed by atoms with Gasteiger partial charge in [0.05, 0.1) is 11.2 Å². The second-order valence-corrected chi connectivity index (χ2v) is 4.93. The highest BCUT2D eigenvalue weighted by Gasteiger charge is 2.02. The number of fused-ring (bicyclic) bond motifs is 1. The van der Waals surface area contributed by atoms with Crippen molar-refractivity contribution in [1.29, 1.82) is 0 Å². The Hall–Kier alpha value is -3.14. The average Bonchev–Trinajstić information content (AvgIpc) is 2.53. The molecule has 22 heavy (non-hydrogen) atoms. The van der Waals surface area contributed by atoms with E-state index in [0.717, 1.165) is 10.9 Å². The zero-order valence-corrected chi connectivity index (χ0v) is 11.7. The summed E-state index contributed by atoms with van der Waals surface area (Å²) in [6.45, 7) is 0. The lowest BCUT2D eigenvalue weighted by atomic mass is 10.1. The molecular weight excluding hydrogens is 276 g/mol. The van der Waals surface area contributed by atoms with Crippen LogP contribution >= 0.6 is 0 Å². The molecule has 0 amide bonds. The number of pyridine rings is 1. The van der Waals surface area contributed by atoms with Crippen LogP contribution in [0.3, 0.4) is 0 Å². The number of anilines is 1. The lowest BCUT2D eigenvalue weighted by Crippen LogP contribution is -1.95. The number of hydrogen-bond donors (Lipinski definition) is 2. The summed E-state index contributed by atoms with van der Waals surface area (Å²) in [5.74, 6) is 0.101. The standard InChI is InChI=1S/C18H14N2O2/c19-14-4-1-12(2-5-14)18(22)10-7-15-6-3-13-11-16(21)8-9-17(13)20-15/h1-11,21H,19H2/b10-7+. The van der Waals surface area contributed by atoms with E-state index in [2.05, 4.69) is 4.98 Å². The number of nitrogens with zero attached hydrogens (tertiary/aromatic N) is 1. The fraction of sp³-hybridized carbons (Fsp3) is 0. The van der Waals surface area contributed by atoms with E-state index < -0.39 is 0 Å². The van der Waals surface area contributed by atoms with Crippen LogP contribution in [0.2, 0.25) is 0 Å². The molecule has 4 heteroatoms. The Bertz CT molecular complexity index is 868. The van der Waals surface area contributed by atoms with Crippen molar-refractivity contribution in [2.45, 2.75) is 0 Å². The number of benzene rings is 2. The van der Waals surface area contributed by atoms with Gasteiger partial charge in [0.1, 0.15) is 5.75 Å². The number of rotatable bonds is 3. The molecule has 0 fully saturated rings. The Balaban J connectivity index is 1.84. The Morgan fingerprint density at radius 2 is 1.82 bits per heavy atom. The predicted molar refractivity (Wildman–Crippen MR) is 87.6 cm³/mol. The minimum atomic E-state index is -0.104. The molecule has 0 aliphatic carbocycles. The van der Waals surface area contributed by atoms with Crippen LogP contribution in [0.15, 0.2) is 60.7 Å². The van der Waals surface area contributed by atoms with Crippen LogP contribution < -0.4 is 5.73 Å². The number of carbonyl (C=O) groups excluding carboxylic acids is 1. The first-order valence-electron chi connectivity index (χ1n) is 6.79. The first-order valence-corrected chi connectivity index (χ1v) is 6.79. The summed E-state index contributed by atoms with van der Waals surface area (Å²) in [6.07, 6.45) is 3.16. The Morgan fingerprint density at radius 1 is 1.05 bits per heavy atom. The van der Waals surface area contributed by atoms with E-state index in [1.54, 1.807) is 54.6 Å². The Labute approximate surface area is 127 Å². The molecule has 0 bridgehead atoms. The fourth-order valence-electron chi connectivity index (χ4n) is 2.13. The summed E-state index contributed by atoms with van der Waals surface area (Å²) < 4.78 is 0. The molecule has 3 rings (SSSR count). The minimum Gasteiger partial charge on any atom is -0.508 e. The quantitative estimate of drug-likeness (QED) is 0.440. The second-order valence-electron chi connectivity index (χ2n) is 4.93. The molecule has 0 aliphatic rings. The number of nitrogen functional groups attached to an aromatic ring is 1. The number of carbonyl (C=O) groups is 1.